The Hall–Kier alpha value is -3.82. The number of nitrogens with zero attached hydrogens (tertiary/aromatic N) is 4. The molecular weight excluding hydrogens is 449 g/mol. The van der Waals surface area contributed by atoms with E-state index in [1.54, 1.807) is 29.2 Å². The van der Waals surface area contributed by atoms with E-state index in [1.165, 1.54) is 14.2 Å². The number of halogens is 3. The fraction of sp³-hybridized carbons (Fsp3) is 0.292. The van der Waals surface area contributed by atoms with Crippen molar-refractivity contribution >= 4 is 16.8 Å². The first-order valence-corrected chi connectivity index (χ1v) is 10.4. The van der Waals surface area contributed by atoms with Crippen LogP contribution in [-0.2, 0) is 7.05 Å². The maximum atomic E-state index is 12.6. The predicted molar refractivity (Wildman–Crippen MR) is 121 cm³/mol. The quantitative estimate of drug-likeness (QED) is 0.343. The number of aromatic nitrogens is 4. The van der Waals surface area contributed by atoms with Crippen molar-refractivity contribution in [1.82, 2.24) is 19.1 Å². The molecule has 0 aliphatic heterocycles. The standard InChI is InChI=1S/C24H23F3N4O3/c1-14-28-12-19(30(14)2)15-5-6-18-17(9-15)29-13-31(18)16-10-21(33-3)23(22(11-16)34-4)20(32)7-8-24(25,26)27/h5-6,9-13H,7-8H2,1-4H3. The lowest BCUT2D eigenvalue weighted by Gasteiger charge is -2.16. The van der Waals surface area contributed by atoms with E-state index in [-0.39, 0.29) is 17.1 Å². The Morgan fingerprint density at radius 1 is 1.06 bits per heavy atom. The van der Waals surface area contributed by atoms with Crippen LogP contribution < -0.4 is 9.47 Å². The number of aryl methyl sites for hydroxylation is 1. The smallest absolute Gasteiger partial charge is 0.389 e. The molecule has 2 aromatic heterocycles. The maximum absolute atomic E-state index is 12.6. The minimum atomic E-state index is -4.43. The van der Waals surface area contributed by atoms with Crippen molar-refractivity contribution in [1.29, 1.82) is 0 Å². The van der Waals surface area contributed by atoms with E-state index in [0.29, 0.717) is 5.69 Å². The second kappa shape index (κ2) is 8.85. The number of carbonyl (C=O) groups excluding carboxylic acids is 1. The van der Waals surface area contributed by atoms with Crippen LogP contribution in [0.2, 0.25) is 0 Å². The topological polar surface area (TPSA) is 71.2 Å². The van der Waals surface area contributed by atoms with Crippen LogP contribution in [0.25, 0.3) is 28.0 Å². The molecule has 34 heavy (non-hydrogen) atoms. The maximum Gasteiger partial charge on any atom is 0.389 e. The van der Waals surface area contributed by atoms with E-state index < -0.39 is 24.8 Å². The Labute approximate surface area is 193 Å². The van der Waals surface area contributed by atoms with Gasteiger partial charge in [-0.1, -0.05) is 6.07 Å². The van der Waals surface area contributed by atoms with Crippen LogP contribution >= 0.6 is 0 Å². The normalized spacial score (nSPS) is 11.7. The van der Waals surface area contributed by atoms with Crippen LogP contribution in [-0.4, -0.2) is 45.3 Å². The molecule has 10 heteroatoms. The molecule has 0 aliphatic rings. The second-order valence-electron chi connectivity index (χ2n) is 7.83. The van der Waals surface area contributed by atoms with Gasteiger partial charge in [0.05, 0.1) is 49.3 Å². The minimum absolute atomic E-state index is 0.0173. The highest BCUT2D eigenvalue weighted by Crippen LogP contribution is 2.36. The van der Waals surface area contributed by atoms with Crippen molar-refractivity contribution in [3.05, 3.63) is 54.2 Å². The Kier molecular flexibility index (Phi) is 6.07. The minimum Gasteiger partial charge on any atom is -0.496 e. The van der Waals surface area contributed by atoms with Gasteiger partial charge >= 0.3 is 6.18 Å². The SMILES string of the molecule is COc1cc(-n2cnc3cc(-c4cnc(C)n4C)ccc32)cc(OC)c1C(=O)CCC(F)(F)F. The number of ketones is 1. The largest absolute Gasteiger partial charge is 0.496 e. The first-order chi connectivity index (χ1) is 16.1. The van der Waals surface area contributed by atoms with Crippen LogP contribution in [0.3, 0.4) is 0 Å². The highest BCUT2D eigenvalue weighted by Gasteiger charge is 2.30. The lowest BCUT2D eigenvalue weighted by Crippen LogP contribution is -2.13. The fourth-order valence-corrected chi connectivity index (χ4v) is 3.84. The Morgan fingerprint density at radius 2 is 1.74 bits per heavy atom. The van der Waals surface area contributed by atoms with Crippen molar-refractivity contribution in [2.75, 3.05) is 14.2 Å². The summed E-state index contributed by atoms with van der Waals surface area (Å²) in [7, 11) is 4.65. The molecule has 0 amide bonds. The Bertz CT molecular complexity index is 1350. The van der Waals surface area contributed by atoms with E-state index in [9.17, 15) is 18.0 Å². The number of rotatable bonds is 7. The number of imidazole rings is 2. The summed E-state index contributed by atoms with van der Waals surface area (Å²) in [4.78, 5) is 21.4. The fourth-order valence-electron chi connectivity index (χ4n) is 3.84. The second-order valence-corrected chi connectivity index (χ2v) is 7.83. The number of fused-ring (bicyclic) bond motifs is 1. The van der Waals surface area contributed by atoms with Crippen molar-refractivity contribution in [2.24, 2.45) is 7.05 Å². The van der Waals surface area contributed by atoms with Gasteiger partial charge in [-0.3, -0.25) is 9.36 Å². The van der Waals surface area contributed by atoms with E-state index in [2.05, 4.69) is 9.97 Å². The summed E-state index contributed by atoms with van der Waals surface area (Å²) in [5.41, 5.74) is 4.02. The van der Waals surface area contributed by atoms with Crippen LogP contribution in [0.4, 0.5) is 13.2 Å². The summed E-state index contributed by atoms with van der Waals surface area (Å²) in [5.74, 6) is 0.449. The van der Waals surface area contributed by atoms with Gasteiger partial charge in [0, 0.05) is 31.2 Å². The molecule has 0 spiro atoms. The zero-order valence-electron chi connectivity index (χ0n) is 19.1. The predicted octanol–water partition coefficient (Wildman–Crippen LogP) is 5.28. The highest BCUT2D eigenvalue weighted by atomic mass is 19.4. The van der Waals surface area contributed by atoms with Gasteiger partial charge in [-0.15, -0.1) is 0 Å². The molecule has 0 atom stereocenters. The van der Waals surface area contributed by atoms with E-state index in [4.69, 9.17) is 9.47 Å². The van der Waals surface area contributed by atoms with Gasteiger partial charge in [-0.05, 0) is 19.1 Å². The summed E-state index contributed by atoms with van der Waals surface area (Å²) in [6.07, 6.45) is -2.91. The molecule has 2 aromatic carbocycles. The zero-order chi connectivity index (χ0) is 24.6. The van der Waals surface area contributed by atoms with Gasteiger partial charge in [0.2, 0.25) is 0 Å². The number of alkyl halides is 3. The van der Waals surface area contributed by atoms with Crippen molar-refractivity contribution < 1.29 is 27.4 Å². The van der Waals surface area contributed by atoms with E-state index in [1.807, 2.05) is 36.7 Å². The van der Waals surface area contributed by atoms with E-state index >= 15 is 0 Å². The number of hydrogen-bond acceptors (Lipinski definition) is 5. The first-order valence-electron chi connectivity index (χ1n) is 10.4. The number of ether oxygens (including phenoxy) is 2. The molecule has 0 bridgehead atoms. The summed E-state index contributed by atoms with van der Waals surface area (Å²) in [5, 5.41) is 0. The number of Topliss-reactive ketones (excluding diaryl/α,β-unsaturated/α-hetero) is 1. The average molecular weight is 472 g/mol. The monoisotopic (exact) mass is 472 g/mol. The van der Waals surface area contributed by atoms with Gasteiger partial charge in [0.1, 0.15) is 29.2 Å². The summed E-state index contributed by atoms with van der Waals surface area (Å²) < 4.78 is 52.4. The summed E-state index contributed by atoms with van der Waals surface area (Å²) in [6.45, 7) is 1.93. The van der Waals surface area contributed by atoms with Gasteiger partial charge in [-0.2, -0.15) is 13.2 Å². The molecule has 0 saturated heterocycles. The molecule has 0 radical (unpaired) electrons. The molecular formula is C24H23F3N4O3. The lowest BCUT2D eigenvalue weighted by molar-refractivity contribution is -0.133. The molecule has 0 N–H and O–H groups in total. The highest BCUT2D eigenvalue weighted by molar-refractivity contribution is 6.02. The van der Waals surface area contributed by atoms with Gasteiger partial charge < -0.3 is 14.0 Å². The lowest BCUT2D eigenvalue weighted by atomic mass is 10.0. The molecule has 178 valence electrons. The zero-order valence-corrected chi connectivity index (χ0v) is 19.1. The third kappa shape index (κ3) is 4.35. The molecule has 0 unspecified atom stereocenters. The molecule has 0 saturated carbocycles. The molecule has 7 nitrogen and oxygen atoms in total. The first kappa shape index (κ1) is 23.3. The molecule has 4 aromatic rings. The van der Waals surface area contributed by atoms with Crippen LogP contribution in [0.15, 0.2) is 42.9 Å². The molecule has 0 fully saturated rings. The van der Waals surface area contributed by atoms with Crippen LogP contribution in [0.1, 0.15) is 29.0 Å². The third-order valence-corrected chi connectivity index (χ3v) is 5.75. The van der Waals surface area contributed by atoms with Crippen molar-refractivity contribution in [2.45, 2.75) is 25.9 Å². The van der Waals surface area contributed by atoms with Gasteiger partial charge in [-0.25, -0.2) is 9.97 Å². The summed E-state index contributed by atoms with van der Waals surface area (Å²) in [6, 6.07) is 9.00. The number of carbonyl (C=O) groups is 1. The number of benzene rings is 2. The van der Waals surface area contributed by atoms with E-state index in [0.717, 1.165) is 28.1 Å². The van der Waals surface area contributed by atoms with Gasteiger partial charge in [0.15, 0.2) is 5.78 Å². The average Bonchev–Trinajstić information content (AvgIpc) is 3.38. The summed E-state index contributed by atoms with van der Waals surface area (Å²) >= 11 is 0. The van der Waals surface area contributed by atoms with Crippen molar-refractivity contribution in [3.63, 3.8) is 0 Å². The molecule has 4 rings (SSSR count). The van der Waals surface area contributed by atoms with Crippen molar-refractivity contribution in [3.8, 4) is 28.4 Å². The Balaban J connectivity index is 1.75. The van der Waals surface area contributed by atoms with Gasteiger partial charge in [0.25, 0.3) is 0 Å². The van der Waals surface area contributed by atoms with Crippen LogP contribution in [0, 0.1) is 6.92 Å². The van der Waals surface area contributed by atoms with Crippen LogP contribution in [0.5, 0.6) is 11.5 Å². The molecule has 2 heterocycles. The molecule has 0 aliphatic carbocycles. The number of hydrogen-bond donors (Lipinski definition) is 0. The Morgan fingerprint density at radius 3 is 2.29 bits per heavy atom. The third-order valence-electron chi connectivity index (χ3n) is 5.75. The number of methoxy groups -OCH3 is 2.